The lowest BCUT2D eigenvalue weighted by molar-refractivity contribution is -0.387. The maximum atomic E-state index is 12.9. The van der Waals surface area contributed by atoms with Crippen LogP contribution >= 0.6 is 0 Å². The van der Waals surface area contributed by atoms with Gasteiger partial charge in [0.05, 0.1) is 4.92 Å². The topological polar surface area (TPSA) is 64.2 Å². The van der Waals surface area contributed by atoms with Crippen LogP contribution in [0.4, 0.5) is 24.7 Å². The number of aromatic nitrogens is 2. The summed E-state index contributed by atoms with van der Waals surface area (Å²) in [6.07, 6.45) is -3.49. The quantitative estimate of drug-likeness (QED) is 0.597. The third kappa shape index (κ3) is 3.20. The lowest BCUT2D eigenvalue weighted by Crippen LogP contribution is -2.26. The van der Waals surface area contributed by atoms with Crippen LogP contribution in [0, 0.1) is 10.1 Å². The number of anilines is 1. The van der Waals surface area contributed by atoms with Gasteiger partial charge in [0.2, 0.25) is 11.5 Å². The molecule has 0 radical (unpaired) electrons. The molecule has 1 heterocycles. The van der Waals surface area contributed by atoms with Gasteiger partial charge in [0.1, 0.15) is 0 Å². The minimum absolute atomic E-state index is 0.214. The Morgan fingerprint density at radius 3 is 2.15 bits per heavy atom. The average Bonchev–Trinajstić information content (AvgIpc) is 2.66. The zero-order valence-corrected chi connectivity index (χ0v) is 11.6. The summed E-state index contributed by atoms with van der Waals surface area (Å²) in [5, 5.41) is 14.8. The van der Waals surface area contributed by atoms with Crippen LogP contribution < -0.4 is 4.90 Å². The van der Waals surface area contributed by atoms with Gasteiger partial charge in [0.15, 0.2) is 0 Å². The highest BCUT2D eigenvalue weighted by Crippen LogP contribution is 2.41. The van der Waals surface area contributed by atoms with Crippen LogP contribution in [0.5, 0.6) is 0 Å². The number of hydrogen-bond acceptors (Lipinski definition) is 4. The van der Waals surface area contributed by atoms with Gasteiger partial charge >= 0.3 is 11.9 Å². The lowest BCUT2D eigenvalue weighted by Gasteiger charge is -2.20. The molecule has 0 aliphatic heterocycles. The maximum Gasteiger partial charge on any atom is 0.440 e. The second kappa shape index (κ2) is 6.10. The molecule has 0 amide bonds. The Balaban J connectivity index is 3.43. The van der Waals surface area contributed by atoms with Crippen LogP contribution in [0.1, 0.15) is 32.4 Å². The second-order valence-corrected chi connectivity index (χ2v) is 4.39. The van der Waals surface area contributed by atoms with Crippen molar-refractivity contribution in [3.05, 3.63) is 15.8 Å². The van der Waals surface area contributed by atoms with Gasteiger partial charge in [0, 0.05) is 20.1 Å². The van der Waals surface area contributed by atoms with Crippen LogP contribution in [0.3, 0.4) is 0 Å². The Labute approximate surface area is 114 Å². The Morgan fingerprint density at radius 1 is 1.30 bits per heavy atom. The molecule has 9 heteroatoms. The minimum Gasteiger partial charge on any atom is -0.349 e. The highest BCUT2D eigenvalue weighted by atomic mass is 19.4. The Morgan fingerprint density at radius 2 is 1.80 bits per heavy atom. The molecule has 0 unspecified atom stereocenters. The van der Waals surface area contributed by atoms with Gasteiger partial charge in [0.25, 0.3) is 0 Å². The third-order valence-corrected chi connectivity index (χ3v) is 2.74. The van der Waals surface area contributed by atoms with E-state index >= 15 is 0 Å². The van der Waals surface area contributed by atoms with E-state index in [0.717, 1.165) is 7.05 Å². The first-order valence-electron chi connectivity index (χ1n) is 6.27. The summed E-state index contributed by atoms with van der Waals surface area (Å²) < 4.78 is 39.3. The molecular weight excluding hydrogens is 277 g/mol. The molecule has 6 nitrogen and oxygen atoms in total. The molecule has 114 valence electrons. The predicted molar refractivity (Wildman–Crippen MR) is 67.7 cm³/mol. The molecule has 20 heavy (non-hydrogen) atoms. The van der Waals surface area contributed by atoms with Crippen molar-refractivity contribution in [3.8, 4) is 0 Å². The maximum absolute atomic E-state index is 12.9. The smallest absolute Gasteiger partial charge is 0.349 e. The van der Waals surface area contributed by atoms with Gasteiger partial charge in [-0.2, -0.15) is 13.2 Å². The molecule has 1 aromatic rings. The first kappa shape index (κ1) is 16.3. The average molecular weight is 294 g/mol. The largest absolute Gasteiger partial charge is 0.440 e. The number of alkyl halides is 3. The van der Waals surface area contributed by atoms with E-state index in [-0.39, 0.29) is 5.82 Å². The van der Waals surface area contributed by atoms with Gasteiger partial charge in [-0.05, 0) is 12.8 Å². The number of hydrogen-bond donors (Lipinski definition) is 0. The van der Waals surface area contributed by atoms with Crippen LogP contribution in [0.15, 0.2) is 0 Å². The zero-order valence-electron chi connectivity index (χ0n) is 11.6. The van der Waals surface area contributed by atoms with Crippen molar-refractivity contribution in [3.63, 3.8) is 0 Å². The minimum atomic E-state index is -4.81. The van der Waals surface area contributed by atoms with Crippen molar-refractivity contribution in [2.24, 2.45) is 7.05 Å². The summed E-state index contributed by atoms with van der Waals surface area (Å²) in [6.45, 7) is 4.54. The molecule has 0 aliphatic carbocycles. The molecule has 0 aliphatic rings. The van der Waals surface area contributed by atoms with Gasteiger partial charge in [-0.15, -0.1) is 5.10 Å². The summed E-state index contributed by atoms with van der Waals surface area (Å²) in [7, 11) is 1.06. The zero-order chi connectivity index (χ0) is 15.5. The molecule has 0 saturated heterocycles. The second-order valence-electron chi connectivity index (χ2n) is 4.39. The van der Waals surface area contributed by atoms with Crippen LogP contribution in [-0.2, 0) is 13.2 Å². The van der Waals surface area contributed by atoms with Crippen molar-refractivity contribution >= 4 is 11.5 Å². The van der Waals surface area contributed by atoms with Crippen molar-refractivity contribution in [1.29, 1.82) is 0 Å². The fourth-order valence-electron chi connectivity index (χ4n) is 2.06. The molecule has 1 aromatic heterocycles. The first-order chi connectivity index (χ1) is 9.23. The molecule has 0 N–H and O–H groups in total. The monoisotopic (exact) mass is 294 g/mol. The SMILES string of the molecule is CCCN(CCC)c1nn(C)c(C(F)(F)F)c1[N+](=O)[O-]. The molecule has 0 aromatic carbocycles. The summed E-state index contributed by atoms with van der Waals surface area (Å²) in [6, 6.07) is 0. The van der Waals surface area contributed by atoms with Crippen LogP contribution in [-0.4, -0.2) is 27.8 Å². The summed E-state index contributed by atoms with van der Waals surface area (Å²) in [5.74, 6) is -0.214. The standard InChI is InChI=1S/C11H17F3N4O2/c1-4-6-17(7-5-2)10-8(18(19)20)9(11(12,13)14)16(3)15-10/h4-7H2,1-3H3. The van der Waals surface area contributed by atoms with E-state index in [1.165, 1.54) is 4.90 Å². The van der Waals surface area contributed by atoms with Crippen molar-refractivity contribution in [1.82, 2.24) is 9.78 Å². The number of rotatable bonds is 6. The molecule has 0 fully saturated rings. The van der Waals surface area contributed by atoms with Gasteiger partial charge in [-0.1, -0.05) is 13.8 Å². The van der Waals surface area contributed by atoms with Crippen molar-refractivity contribution in [2.75, 3.05) is 18.0 Å². The van der Waals surface area contributed by atoms with Gasteiger partial charge < -0.3 is 4.90 Å². The predicted octanol–water partition coefficient (Wildman–Crippen LogP) is 2.97. The number of aryl methyl sites for hydroxylation is 1. The number of nitrogens with zero attached hydrogens (tertiary/aromatic N) is 4. The number of nitro groups is 1. The molecular formula is C11H17F3N4O2. The summed E-state index contributed by atoms with van der Waals surface area (Å²) in [4.78, 5) is 11.6. The highest BCUT2D eigenvalue weighted by molar-refractivity contribution is 5.61. The van der Waals surface area contributed by atoms with Crippen molar-refractivity contribution in [2.45, 2.75) is 32.9 Å². The van der Waals surface area contributed by atoms with E-state index in [4.69, 9.17) is 0 Å². The molecule has 1 rings (SSSR count). The van der Waals surface area contributed by atoms with Gasteiger partial charge in [-0.3, -0.25) is 14.8 Å². The summed E-state index contributed by atoms with van der Waals surface area (Å²) in [5.41, 5.74) is -2.29. The van der Waals surface area contributed by atoms with E-state index in [1.807, 2.05) is 13.8 Å². The molecule has 0 spiro atoms. The third-order valence-electron chi connectivity index (χ3n) is 2.74. The van der Waals surface area contributed by atoms with E-state index < -0.39 is 22.5 Å². The van der Waals surface area contributed by atoms with Crippen molar-refractivity contribution < 1.29 is 18.1 Å². The fourth-order valence-corrected chi connectivity index (χ4v) is 2.06. The van der Waals surface area contributed by atoms with Crippen LogP contribution in [0.25, 0.3) is 0 Å². The van der Waals surface area contributed by atoms with E-state index in [9.17, 15) is 23.3 Å². The van der Waals surface area contributed by atoms with E-state index in [2.05, 4.69) is 5.10 Å². The Hall–Kier alpha value is -1.80. The lowest BCUT2D eigenvalue weighted by atomic mass is 10.3. The normalized spacial score (nSPS) is 11.7. The molecule has 0 saturated carbocycles. The van der Waals surface area contributed by atoms with Crippen LogP contribution in [0.2, 0.25) is 0 Å². The Bertz CT molecular complexity index is 479. The van der Waals surface area contributed by atoms with Gasteiger partial charge in [-0.25, -0.2) is 0 Å². The molecule has 0 atom stereocenters. The molecule has 0 bridgehead atoms. The Kier molecular flexibility index (Phi) is 4.96. The van der Waals surface area contributed by atoms with E-state index in [1.54, 1.807) is 0 Å². The summed E-state index contributed by atoms with van der Waals surface area (Å²) >= 11 is 0. The number of halogens is 3. The first-order valence-corrected chi connectivity index (χ1v) is 6.27. The fraction of sp³-hybridized carbons (Fsp3) is 0.727. The van der Waals surface area contributed by atoms with E-state index in [0.29, 0.717) is 30.6 Å². The highest BCUT2D eigenvalue weighted by Gasteiger charge is 2.46.